The Morgan fingerprint density at radius 2 is 1.97 bits per heavy atom. The van der Waals surface area contributed by atoms with Gasteiger partial charge in [0.05, 0.1) is 23.3 Å². The molecule has 1 N–H and O–H groups in total. The number of anilines is 1. The number of hydrogen-bond acceptors (Lipinski definition) is 6. The summed E-state index contributed by atoms with van der Waals surface area (Å²) in [6.45, 7) is 1.65. The van der Waals surface area contributed by atoms with Gasteiger partial charge in [-0.05, 0) is 42.8 Å². The molecule has 4 heterocycles. The van der Waals surface area contributed by atoms with E-state index in [0.29, 0.717) is 41.3 Å². The number of pyridine rings is 2. The maximum atomic E-state index is 15.2. The first kappa shape index (κ1) is 26.8. The van der Waals surface area contributed by atoms with Gasteiger partial charge in [-0.2, -0.15) is 0 Å². The van der Waals surface area contributed by atoms with Gasteiger partial charge < -0.3 is 9.64 Å². The highest BCUT2D eigenvalue weighted by atomic mass is 35.5. The van der Waals surface area contributed by atoms with Crippen LogP contribution in [0.2, 0.25) is 5.02 Å². The van der Waals surface area contributed by atoms with Crippen LogP contribution in [0.25, 0.3) is 5.65 Å². The van der Waals surface area contributed by atoms with E-state index in [1.807, 2.05) is 6.92 Å². The lowest BCUT2D eigenvalue weighted by Crippen LogP contribution is -2.43. The molecule has 1 aromatic carbocycles. The number of nitrogens with zero attached hydrogens (tertiary/aromatic N) is 4. The van der Waals surface area contributed by atoms with E-state index in [2.05, 4.69) is 14.7 Å². The number of halogens is 3. The molecule has 39 heavy (non-hydrogen) atoms. The number of sulfonamides is 1. The fraction of sp³-hybridized carbons (Fsp3) is 0.269. The molecule has 5 rings (SSSR count). The molecule has 0 aliphatic carbocycles. The number of fused-ring (bicyclic) bond motifs is 3. The molecule has 9 nitrogen and oxygen atoms in total. The quantitative estimate of drug-likeness (QED) is 0.355. The molecular formula is C26H24ClF2N5O4S. The summed E-state index contributed by atoms with van der Waals surface area (Å²) in [7, 11) is -3.52. The molecule has 3 aromatic heterocycles. The number of nitrogens with one attached hydrogen (secondary N) is 1. The van der Waals surface area contributed by atoms with Crippen molar-refractivity contribution in [3.63, 3.8) is 0 Å². The maximum absolute atomic E-state index is 15.2. The minimum atomic E-state index is -3.52. The van der Waals surface area contributed by atoms with Gasteiger partial charge >= 0.3 is 0 Å². The SMILES string of the molecule is CCc1nc(NS(C)(=O)=O)ccc1OCC(=O)N1CCc2nc3ccc(F)cn3c2C1c1ccc(Cl)cc1F. The summed E-state index contributed by atoms with van der Waals surface area (Å²) in [5, 5.41) is 0.200. The number of amides is 1. The van der Waals surface area contributed by atoms with Crippen molar-refractivity contribution in [3.05, 3.63) is 88.0 Å². The molecule has 1 aliphatic heterocycles. The molecule has 4 aromatic rings. The molecule has 13 heteroatoms. The van der Waals surface area contributed by atoms with Crippen LogP contribution in [-0.2, 0) is 27.7 Å². The fourth-order valence-corrected chi connectivity index (χ4v) is 5.36. The van der Waals surface area contributed by atoms with Gasteiger partial charge in [0.25, 0.3) is 5.91 Å². The Balaban J connectivity index is 1.48. The number of hydrogen-bond donors (Lipinski definition) is 1. The predicted octanol–water partition coefficient (Wildman–Crippen LogP) is 4.15. The Morgan fingerprint density at radius 3 is 2.69 bits per heavy atom. The molecule has 0 saturated heterocycles. The van der Waals surface area contributed by atoms with Gasteiger partial charge in [-0.3, -0.25) is 13.9 Å². The second kappa shape index (κ2) is 10.4. The molecule has 0 spiro atoms. The molecule has 0 fully saturated rings. The van der Waals surface area contributed by atoms with E-state index in [0.717, 1.165) is 6.26 Å². The molecule has 204 valence electrons. The summed E-state index contributed by atoms with van der Waals surface area (Å²) in [4.78, 5) is 23.9. The van der Waals surface area contributed by atoms with E-state index in [9.17, 15) is 17.6 Å². The smallest absolute Gasteiger partial charge is 0.261 e. The average Bonchev–Trinajstić information content (AvgIpc) is 3.24. The molecule has 0 bridgehead atoms. The first-order chi connectivity index (χ1) is 18.5. The van der Waals surface area contributed by atoms with Gasteiger partial charge in [0, 0.05) is 29.7 Å². The van der Waals surface area contributed by atoms with Crippen molar-refractivity contribution in [1.29, 1.82) is 0 Å². The topological polar surface area (TPSA) is 106 Å². The number of rotatable bonds is 7. The van der Waals surface area contributed by atoms with Gasteiger partial charge in [-0.1, -0.05) is 24.6 Å². The maximum Gasteiger partial charge on any atom is 0.261 e. The van der Waals surface area contributed by atoms with E-state index in [1.165, 1.54) is 58.0 Å². The van der Waals surface area contributed by atoms with Crippen LogP contribution in [0.3, 0.4) is 0 Å². The minimum Gasteiger partial charge on any atom is -0.482 e. The van der Waals surface area contributed by atoms with Crippen LogP contribution in [0, 0.1) is 11.6 Å². The second-order valence-corrected chi connectivity index (χ2v) is 11.3. The van der Waals surface area contributed by atoms with E-state index in [4.69, 9.17) is 16.3 Å². The Morgan fingerprint density at radius 1 is 1.18 bits per heavy atom. The highest BCUT2D eigenvalue weighted by Crippen LogP contribution is 2.38. The molecule has 1 atom stereocenters. The largest absolute Gasteiger partial charge is 0.482 e. The van der Waals surface area contributed by atoms with E-state index < -0.39 is 33.6 Å². The lowest BCUT2D eigenvalue weighted by molar-refractivity contribution is -0.135. The summed E-state index contributed by atoms with van der Waals surface area (Å²) in [6, 6.07) is 9.07. The number of aryl methyl sites for hydroxylation is 1. The monoisotopic (exact) mass is 575 g/mol. The summed E-state index contributed by atoms with van der Waals surface area (Å²) in [6.07, 6.45) is 3.08. The summed E-state index contributed by atoms with van der Waals surface area (Å²) < 4.78 is 62.2. The van der Waals surface area contributed by atoms with Gasteiger partial charge in [-0.25, -0.2) is 27.2 Å². The lowest BCUT2D eigenvalue weighted by atomic mass is 9.95. The third kappa shape index (κ3) is 5.52. The van der Waals surface area contributed by atoms with E-state index in [-0.39, 0.29) is 29.6 Å². The molecule has 1 aliphatic rings. The summed E-state index contributed by atoms with van der Waals surface area (Å²) in [5.41, 5.74) is 2.24. The Kier molecular flexibility index (Phi) is 7.17. The summed E-state index contributed by atoms with van der Waals surface area (Å²) >= 11 is 5.99. The van der Waals surface area contributed by atoms with Crippen molar-refractivity contribution in [2.24, 2.45) is 0 Å². The summed E-state index contributed by atoms with van der Waals surface area (Å²) in [5.74, 6) is -1.11. The zero-order chi connectivity index (χ0) is 27.9. The van der Waals surface area contributed by atoms with Crippen LogP contribution in [0.4, 0.5) is 14.6 Å². The van der Waals surface area contributed by atoms with Gasteiger partial charge in [0.15, 0.2) is 6.61 Å². The molecule has 0 saturated carbocycles. The van der Waals surface area contributed by atoms with Gasteiger partial charge in [0.1, 0.15) is 34.9 Å². The van der Waals surface area contributed by atoms with Crippen molar-refractivity contribution in [2.45, 2.75) is 25.8 Å². The first-order valence-electron chi connectivity index (χ1n) is 12.1. The van der Waals surface area contributed by atoms with Crippen LogP contribution < -0.4 is 9.46 Å². The zero-order valence-corrected chi connectivity index (χ0v) is 22.6. The Bertz CT molecular complexity index is 1700. The van der Waals surface area contributed by atoms with Crippen LogP contribution in [-0.4, -0.2) is 53.0 Å². The van der Waals surface area contributed by atoms with Crippen molar-refractivity contribution in [1.82, 2.24) is 19.3 Å². The number of aromatic nitrogens is 3. The van der Waals surface area contributed by atoms with Crippen molar-refractivity contribution in [3.8, 4) is 5.75 Å². The molecule has 1 amide bonds. The average molecular weight is 576 g/mol. The van der Waals surface area contributed by atoms with Gasteiger partial charge in [-0.15, -0.1) is 0 Å². The molecular weight excluding hydrogens is 552 g/mol. The molecule has 1 unspecified atom stereocenters. The Hall–Kier alpha value is -3.77. The number of imidazole rings is 1. The van der Waals surface area contributed by atoms with Crippen LogP contribution in [0.1, 0.15) is 35.6 Å². The number of carbonyl (C=O) groups is 1. The first-order valence-corrected chi connectivity index (χ1v) is 14.3. The van der Waals surface area contributed by atoms with Crippen molar-refractivity contribution in [2.75, 3.05) is 24.1 Å². The zero-order valence-electron chi connectivity index (χ0n) is 21.0. The molecule has 0 radical (unpaired) electrons. The normalized spacial score (nSPS) is 15.3. The number of ether oxygens (including phenoxy) is 1. The van der Waals surface area contributed by atoms with Crippen LogP contribution in [0.15, 0.2) is 48.7 Å². The third-order valence-electron chi connectivity index (χ3n) is 6.34. The van der Waals surface area contributed by atoms with Crippen molar-refractivity contribution < 1.29 is 26.7 Å². The highest BCUT2D eigenvalue weighted by molar-refractivity contribution is 7.92. The van der Waals surface area contributed by atoms with E-state index >= 15 is 4.39 Å². The second-order valence-electron chi connectivity index (χ2n) is 9.08. The highest BCUT2D eigenvalue weighted by Gasteiger charge is 2.37. The van der Waals surface area contributed by atoms with Crippen LogP contribution in [0.5, 0.6) is 5.75 Å². The van der Waals surface area contributed by atoms with Crippen LogP contribution >= 0.6 is 11.6 Å². The lowest BCUT2D eigenvalue weighted by Gasteiger charge is -2.36. The number of benzene rings is 1. The Labute approximate surface area is 228 Å². The minimum absolute atomic E-state index is 0.134. The number of carbonyl (C=O) groups excluding carboxylic acids is 1. The van der Waals surface area contributed by atoms with Crippen molar-refractivity contribution >= 4 is 39.0 Å². The fourth-order valence-electron chi connectivity index (χ4n) is 4.71. The standard InChI is InChI=1S/C26H24ClF2N5O4S/c1-3-19-21(7-8-22(30-19)32-39(2,36)37)38-14-24(35)33-11-10-20-26(34-13-16(28)5-9-23(34)31-20)25(33)17-6-4-15(27)12-18(17)29/h4-9,12-13,25H,3,10-11,14H2,1-2H3,(H,30,32). The van der Waals surface area contributed by atoms with E-state index in [1.54, 1.807) is 0 Å². The predicted molar refractivity (Wildman–Crippen MR) is 141 cm³/mol. The van der Waals surface area contributed by atoms with Gasteiger partial charge in [0.2, 0.25) is 10.0 Å². The third-order valence-corrected chi connectivity index (χ3v) is 7.16.